The first kappa shape index (κ1) is 23.1. The van der Waals surface area contributed by atoms with Crippen LogP contribution in [0.25, 0.3) is 11.2 Å². The van der Waals surface area contributed by atoms with Crippen molar-refractivity contribution in [2.75, 3.05) is 29.9 Å². The molecule has 1 atom stereocenters. The van der Waals surface area contributed by atoms with Gasteiger partial charge in [-0.3, -0.25) is 9.59 Å². The van der Waals surface area contributed by atoms with Crippen LogP contribution in [0.5, 0.6) is 0 Å². The predicted molar refractivity (Wildman–Crippen MR) is 142 cm³/mol. The van der Waals surface area contributed by atoms with E-state index >= 15 is 0 Å². The molecule has 2 aliphatic heterocycles. The Labute approximate surface area is 214 Å². The maximum absolute atomic E-state index is 13.1. The van der Waals surface area contributed by atoms with Crippen molar-refractivity contribution in [2.24, 2.45) is 7.05 Å². The van der Waals surface area contributed by atoms with Crippen LogP contribution in [0.15, 0.2) is 60.9 Å². The SMILES string of the molecule is CC(CNC(=O)c1nc2c(N3CCC4(CC3)C(=O)Nc3ccccc34)ncnc2n1C)c1ccccc1. The Morgan fingerprint density at radius 2 is 1.81 bits per heavy atom. The first-order valence-corrected chi connectivity index (χ1v) is 12.6. The van der Waals surface area contributed by atoms with Crippen LogP contribution in [-0.4, -0.2) is 51.0 Å². The number of carbonyl (C=O) groups excluding carboxylic acids is 2. The van der Waals surface area contributed by atoms with Crippen molar-refractivity contribution < 1.29 is 9.59 Å². The topological polar surface area (TPSA) is 105 Å². The van der Waals surface area contributed by atoms with E-state index in [0.717, 1.165) is 11.3 Å². The third-order valence-electron chi connectivity index (χ3n) is 7.82. The lowest BCUT2D eigenvalue weighted by Crippen LogP contribution is -2.46. The second kappa shape index (κ2) is 8.99. The fourth-order valence-electron chi connectivity index (χ4n) is 5.62. The molecule has 37 heavy (non-hydrogen) atoms. The van der Waals surface area contributed by atoms with Crippen molar-refractivity contribution in [2.45, 2.75) is 31.1 Å². The molecule has 1 saturated heterocycles. The molecule has 2 aromatic heterocycles. The lowest BCUT2D eigenvalue weighted by Gasteiger charge is -2.38. The summed E-state index contributed by atoms with van der Waals surface area (Å²) in [6.07, 6.45) is 2.87. The lowest BCUT2D eigenvalue weighted by molar-refractivity contribution is -0.121. The summed E-state index contributed by atoms with van der Waals surface area (Å²) < 4.78 is 1.72. The van der Waals surface area contributed by atoms with Crippen LogP contribution < -0.4 is 15.5 Å². The Hall–Kier alpha value is -4.27. The second-order valence-electron chi connectivity index (χ2n) is 9.95. The van der Waals surface area contributed by atoms with Crippen molar-refractivity contribution in [3.8, 4) is 0 Å². The van der Waals surface area contributed by atoms with E-state index in [1.54, 1.807) is 11.6 Å². The number of anilines is 2. The zero-order valence-corrected chi connectivity index (χ0v) is 20.9. The van der Waals surface area contributed by atoms with Crippen LogP contribution in [0.3, 0.4) is 0 Å². The first-order chi connectivity index (χ1) is 18.0. The molecule has 6 rings (SSSR count). The summed E-state index contributed by atoms with van der Waals surface area (Å²) in [6.45, 7) is 3.89. The molecule has 0 radical (unpaired) electrons. The largest absolute Gasteiger partial charge is 0.355 e. The number of fused-ring (bicyclic) bond motifs is 3. The molecule has 9 heteroatoms. The van der Waals surface area contributed by atoms with E-state index in [1.807, 2.05) is 42.5 Å². The van der Waals surface area contributed by atoms with Gasteiger partial charge in [0.05, 0.1) is 5.41 Å². The van der Waals surface area contributed by atoms with Gasteiger partial charge in [-0.05, 0) is 36.0 Å². The number of aryl methyl sites for hydroxylation is 1. The van der Waals surface area contributed by atoms with Crippen molar-refractivity contribution >= 4 is 34.5 Å². The Morgan fingerprint density at radius 3 is 2.59 bits per heavy atom. The molecule has 0 saturated carbocycles. The summed E-state index contributed by atoms with van der Waals surface area (Å²) in [5.41, 5.74) is 3.85. The van der Waals surface area contributed by atoms with E-state index in [-0.39, 0.29) is 17.7 Å². The minimum absolute atomic E-state index is 0.0720. The monoisotopic (exact) mass is 495 g/mol. The number of rotatable bonds is 5. The zero-order chi connectivity index (χ0) is 25.6. The van der Waals surface area contributed by atoms with Crippen LogP contribution in [0.2, 0.25) is 0 Å². The number of nitrogens with one attached hydrogen (secondary N) is 2. The first-order valence-electron chi connectivity index (χ1n) is 12.6. The fourth-order valence-corrected chi connectivity index (χ4v) is 5.62. The lowest BCUT2D eigenvalue weighted by atomic mass is 9.73. The molecule has 0 bridgehead atoms. The molecular formula is C28H29N7O2. The number of imidazole rings is 1. The number of benzene rings is 2. The molecule has 1 spiro atoms. The average molecular weight is 496 g/mol. The van der Waals surface area contributed by atoms with Crippen molar-refractivity contribution in [3.05, 3.63) is 77.9 Å². The number of carbonyl (C=O) groups is 2. The van der Waals surface area contributed by atoms with E-state index in [0.29, 0.717) is 55.3 Å². The van der Waals surface area contributed by atoms with Gasteiger partial charge in [0.25, 0.3) is 5.91 Å². The van der Waals surface area contributed by atoms with E-state index < -0.39 is 5.41 Å². The van der Waals surface area contributed by atoms with Gasteiger partial charge in [-0.15, -0.1) is 0 Å². The second-order valence-corrected chi connectivity index (χ2v) is 9.95. The standard InChI is InChI=1S/C28H29N7O2/c1-18(19-8-4-3-5-9-19)16-29-26(36)25-33-22-23(34(25)2)30-17-31-24(22)35-14-12-28(13-15-35)20-10-6-7-11-21(20)32-27(28)37/h3-11,17-18H,12-16H2,1-2H3,(H,29,36)(H,32,37). The number of hydrogen-bond acceptors (Lipinski definition) is 6. The summed E-state index contributed by atoms with van der Waals surface area (Å²) in [7, 11) is 1.80. The van der Waals surface area contributed by atoms with Gasteiger partial charge in [0.2, 0.25) is 11.7 Å². The normalized spacial score (nSPS) is 17.0. The van der Waals surface area contributed by atoms with Crippen LogP contribution in [0, 0.1) is 0 Å². The molecule has 2 amide bonds. The fraction of sp³-hybridized carbons (Fsp3) is 0.321. The van der Waals surface area contributed by atoms with Crippen LogP contribution >= 0.6 is 0 Å². The van der Waals surface area contributed by atoms with Gasteiger partial charge >= 0.3 is 0 Å². The molecule has 4 heterocycles. The summed E-state index contributed by atoms with van der Waals surface area (Å²) in [6, 6.07) is 18.0. The van der Waals surface area contributed by atoms with Crippen LogP contribution in [0.1, 0.15) is 47.4 Å². The van der Waals surface area contributed by atoms with Crippen molar-refractivity contribution in [3.63, 3.8) is 0 Å². The highest BCUT2D eigenvalue weighted by molar-refractivity contribution is 6.06. The highest BCUT2D eigenvalue weighted by Crippen LogP contribution is 2.45. The number of aromatic nitrogens is 4. The number of hydrogen-bond donors (Lipinski definition) is 2. The van der Waals surface area contributed by atoms with E-state index in [4.69, 9.17) is 0 Å². The molecule has 188 valence electrons. The number of para-hydroxylation sites is 1. The van der Waals surface area contributed by atoms with E-state index in [1.165, 1.54) is 11.9 Å². The zero-order valence-electron chi connectivity index (χ0n) is 20.9. The Morgan fingerprint density at radius 1 is 1.08 bits per heavy atom. The number of nitrogens with zero attached hydrogens (tertiary/aromatic N) is 5. The molecular weight excluding hydrogens is 466 g/mol. The van der Waals surface area contributed by atoms with Crippen LogP contribution in [-0.2, 0) is 17.3 Å². The van der Waals surface area contributed by atoms with Gasteiger partial charge in [0, 0.05) is 32.4 Å². The summed E-state index contributed by atoms with van der Waals surface area (Å²) in [4.78, 5) is 41.8. The van der Waals surface area contributed by atoms with Crippen molar-refractivity contribution in [1.29, 1.82) is 0 Å². The van der Waals surface area contributed by atoms with Gasteiger partial charge in [-0.25, -0.2) is 15.0 Å². The molecule has 1 fully saturated rings. The smallest absolute Gasteiger partial charge is 0.287 e. The summed E-state index contributed by atoms with van der Waals surface area (Å²) >= 11 is 0. The molecule has 9 nitrogen and oxygen atoms in total. The Bertz CT molecular complexity index is 1490. The molecule has 1 unspecified atom stereocenters. The van der Waals surface area contributed by atoms with Crippen molar-refractivity contribution in [1.82, 2.24) is 24.8 Å². The maximum atomic E-state index is 13.1. The van der Waals surface area contributed by atoms with E-state index in [2.05, 4.69) is 49.5 Å². The van der Waals surface area contributed by atoms with Gasteiger partial charge in [0.1, 0.15) is 6.33 Å². The molecule has 4 aromatic rings. The highest BCUT2D eigenvalue weighted by Gasteiger charge is 2.48. The summed E-state index contributed by atoms with van der Waals surface area (Å²) in [5.74, 6) is 0.996. The van der Waals surface area contributed by atoms with Crippen LogP contribution in [0.4, 0.5) is 11.5 Å². The van der Waals surface area contributed by atoms with Gasteiger partial charge in [-0.1, -0.05) is 55.5 Å². The molecule has 2 aromatic carbocycles. The van der Waals surface area contributed by atoms with Gasteiger partial charge in [0.15, 0.2) is 17.0 Å². The summed E-state index contributed by atoms with van der Waals surface area (Å²) in [5, 5.41) is 6.07. The minimum Gasteiger partial charge on any atom is -0.355 e. The number of piperidine rings is 1. The van der Waals surface area contributed by atoms with Gasteiger partial charge < -0.3 is 20.1 Å². The Kier molecular flexibility index (Phi) is 5.62. The third-order valence-corrected chi connectivity index (χ3v) is 7.82. The predicted octanol–water partition coefficient (Wildman–Crippen LogP) is 3.39. The third kappa shape index (κ3) is 3.82. The maximum Gasteiger partial charge on any atom is 0.287 e. The highest BCUT2D eigenvalue weighted by atomic mass is 16.2. The number of amides is 2. The van der Waals surface area contributed by atoms with E-state index in [9.17, 15) is 9.59 Å². The average Bonchev–Trinajstić information content (AvgIpc) is 3.42. The molecule has 0 aliphatic carbocycles. The molecule has 2 aliphatic rings. The molecule has 2 N–H and O–H groups in total. The quantitative estimate of drug-likeness (QED) is 0.440. The Balaban J connectivity index is 1.22. The van der Waals surface area contributed by atoms with Gasteiger partial charge in [-0.2, -0.15) is 0 Å². The minimum atomic E-state index is -0.510.